The van der Waals surface area contributed by atoms with Crippen LogP contribution in [0.1, 0.15) is 79.3 Å². The average Bonchev–Trinajstić information content (AvgIpc) is 3.27. The molecule has 4 aliphatic carbocycles. The van der Waals surface area contributed by atoms with E-state index in [1.165, 1.54) is 6.92 Å². The Bertz CT molecular complexity index is 1520. The van der Waals surface area contributed by atoms with E-state index >= 15 is 8.78 Å². The van der Waals surface area contributed by atoms with Crippen molar-refractivity contribution in [3.63, 3.8) is 0 Å². The number of pyridine rings is 1. The van der Waals surface area contributed by atoms with Crippen molar-refractivity contribution in [1.82, 2.24) is 10.3 Å². The number of carbonyl (C=O) groups excluding carboxylic acids is 2. The smallest absolute Gasteiger partial charge is 0.383 e. The van der Waals surface area contributed by atoms with Crippen LogP contribution in [0.2, 0.25) is 0 Å². The summed E-state index contributed by atoms with van der Waals surface area (Å²) in [7, 11) is 0. The van der Waals surface area contributed by atoms with Gasteiger partial charge in [-0.3, -0.25) is 14.6 Å². The number of fused-ring (bicyclic) bond motifs is 4. The minimum Gasteiger partial charge on any atom is -0.383 e. The first-order chi connectivity index (χ1) is 20.8. The van der Waals surface area contributed by atoms with Gasteiger partial charge in [-0.1, -0.05) is 30.7 Å². The average molecular weight is 615 g/mol. The molecule has 1 aromatic carbocycles. The van der Waals surface area contributed by atoms with E-state index < -0.39 is 41.4 Å². The minimum atomic E-state index is -5.90. The van der Waals surface area contributed by atoms with Gasteiger partial charge in [0.2, 0.25) is 0 Å². The molecule has 234 valence electrons. The predicted octanol–water partition coefficient (Wildman–Crippen LogP) is 6.88. The lowest BCUT2D eigenvalue weighted by Crippen LogP contribution is -2.65. The fraction of sp³-hybridized carbons (Fsp3) is 0.500. The number of nitrogens with one attached hydrogen (secondary N) is 1. The van der Waals surface area contributed by atoms with Gasteiger partial charge >= 0.3 is 12.1 Å². The third-order valence-corrected chi connectivity index (χ3v) is 10.8. The van der Waals surface area contributed by atoms with Crippen LogP contribution in [-0.4, -0.2) is 46.0 Å². The van der Waals surface area contributed by atoms with Crippen LogP contribution < -0.4 is 5.32 Å². The second kappa shape index (κ2) is 10.9. The highest BCUT2D eigenvalue weighted by Gasteiger charge is 2.79. The molecule has 2 fully saturated rings. The molecule has 6 rings (SSSR count). The maximum Gasteiger partial charge on any atom is 0.456 e. The van der Waals surface area contributed by atoms with Gasteiger partial charge in [0.05, 0.1) is 0 Å². The first-order valence-corrected chi connectivity index (χ1v) is 15.2. The van der Waals surface area contributed by atoms with E-state index in [-0.39, 0.29) is 30.4 Å². The van der Waals surface area contributed by atoms with E-state index in [1.54, 1.807) is 42.7 Å². The zero-order chi connectivity index (χ0) is 31.5. The summed E-state index contributed by atoms with van der Waals surface area (Å²) in [6, 6.07) is 10.5. The number of nitrogens with zero attached hydrogens (tertiary/aromatic N) is 1. The van der Waals surface area contributed by atoms with Gasteiger partial charge in [0.25, 0.3) is 5.91 Å². The molecule has 0 spiro atoms. The molecule has 1 heterocycles. The highest BCUT2D eigenvalue weighted by atomic mass is 19.4. The second-order valence-corrected chi connectivity index (χ2v) is 13.0. The standard InChI is InChI=1S/C34H35F5N2O3/c1-31-18-27(21-4-6-22(7-5-21)30(43)41-16-13-20-3-2-15-40-19-20)29-25-11-9-24(42)17-23(25)8-10-26(29)28(31)12-14-32(31,44)33(35,36)34(37,38)39/h2-7,15,17,19,26-28,44H,8-14,16,18H2,1H3,(H,41,43)/t26?,27-,28?,31+,32-/m1/s1. The Morgan fingerprint density at radius 3 is 2.50 bits per heavy atom. The number of alkyl halides is 5. The predicted molar refractivity (Wildman–Crippen MR) is 153 cm³/mol. The molecule has 1 amide bonds. The number of ketones is 1. The van der Waals surface area contributed by atoms with Crippen molar-refractivity contribution in [2.24, 2.45) is 17.3 Å². The largest absolute Gasteiger partial charge is 0.456 e. The molecule has 0 saturated heterocycles. The zero-order valence-electron chi connectivity index (χ0n) is 24.4. The maximum absolute atomic E-state index is 15.2. The van der Waals surface area contributed by atoms with Gasteiger partial charge in [-0.05, 0) is 103 Å². The Labute approximate surface area is 252 Å². The SMILES string of the molecule is C[C@]12C[C@H](c3ccc(C(=O)NCCc4cccnc4)cc3)C3=C4CCC(=O)C=C4CCC3C1CC[C@]2(O)C(F)(F)C(F)(F)F. The monoisotopic (exact) mass is 614 g/mol. The molecule has 0 radical (unpaired) electrons. The van der Waals surface area contributed by atoms with Gasteiger partial charge < -0.3 is 10.4 Å². The lowest BCUT2D eigenvalue weighted by atomic mass is 9.50. The van der Waals surface area contributed by atoms with E-state index in [9.17, 15) is 27.9 Å². The molecule has 5 nitrogen and oxygen atoms in total. The molecule has 4 aliphatic rings. The Hall–Kier alpha value is -3.40. The molecule has 44 heavy (non-hydrogen) atoms. The molecular weight excluding hydrogens is 579 g/mol. The van der Waals surface area contributed by atoms with E-state index in [1.807, 2.05) is 12.1 Å². The van der Waals surface area contributed by atoms with Crippen molar-refractivity contribution in [1.29, 1.82) is 0 Å². The fourth-order valence-corrected chi connectivity index (χ4v) is 8.55. The van der Waals surface area contributed by atoms with E-state index in [4.69, 9.17) is 0 Å². The molecule has 2 unspecified atom stereocenters. The first-order valence-electron chi connectivity index (χ1n) is 15.2. The van der Waals surface area contributed by atoms with Gasteiger partial charge in [0.1, 0.15) is 5.60 Å². The number of amides is 1. The van der Waals surface area contributed by atoms with Gasteiger partial charge in [0, 0.05) is 42.3 Å². The molecule has 5 atom stereocenters. The highest BCUT2D eigenvalue weighted by Crippen LogP contribution is 2.70. The lowest BCUT2D eigenvalue weighted by molar-refractivity contribution is -0.362. The fourth-order valence-electron chi connectivity index (χ4n) is 8.55. The molecule has 0 bridgehead atoms. The summed E-state index contributed by atoms with van der Waals surface area (Å²) >= 11 is 0. The number of aliphatic hydroxyl groups is 1. The molecule has 0 aliphatic heterocycles. The summed E-state index contributed by atoms with van der Waals surface area (Å²) in [5, 5.41) is 14.3. The summed E-state index contributed by atoms with van der Waals surface area (Å²) in [4.78, 5) is 29.2. The number of benzene rings is 1. The molecular formula is C34H35F5N2O3. The number of hydrogen-bond donors (Lipinski definition) is 2. The van der Waals surface area contributed by atoms with Crippen molar-refractivity contribution >= 4 is 11.7 Å². The van der Waals surface area contributed by atoms with Gasteiger partial charge in [-0.2, -0.15) is 22.0 Å². The third kappa shape index (κ3) is 4.80. The van der Waals surface area contributed by atoms with Crippen LogP contribution in [0.4, 0.5) is 22.0 Å². The molecule has 2 N–H and O–H groups in total. The zero-order valence-corrected chi connectivity index (χ0v) is 24.4. The van der Waals surface area contributed by atoms with E-state index in [2.05, 4.69) is 10.3 Å². The van der Waals surface area contributed by atoms with Crippen molar-refractivity contribution in [3.8, 4) is 0 Å². The number of rotatable bonds is 6. The summed E-state index contributed by atoms with van der Waals surface area (Å²) < 4.78 is 71.7. The van der Waals surface area contributed by atoms with Crippen molar-refractivity contribution < 1.29 is 36.6 Å². The second-order valence-electron chi connectivity index (χ2n) is 13.0. The molecule has 2 aromatic rings. The van der Waals surface area contributed by atoms with Crippen LogP contribution in [0.25, 0.3) is 0 Å². The molecule has 10 heteroatoms. The van der Waals surface area contributed by atoms with Crippen LogP contribution in [0.5, 0.6) is 0 Å². The third-order valence-electron chi connectivity index (χ3n) is 10.8. The van der Waals surface area contributed by atoms with E-state index in [0.717, 1.165) is 22.3 Å². The van der Waals surface area contributed by atoms with Crippen molar-refractivity contribution in [3.05, 3.63) is 88.3 Å². The summed E-state index contributed by atoms with van der Waals surface area (Å²) in [5.41, 5.74) is -0.0174. The number of hydrogen-bond acceptors (Lipinski definition) is 4. The van der Waals surface area contributed by atoms with Gasteiger partial charge in [-0.15, -0.1) is 0 Å². The van der Waals surface area contributed by atoms with Crippen molar-refractivity contribution in [2.45, 2.75) is 81.9 Å². The van der Waals surface area contributed by atoms with E-state index in [0.29, 0.717) is 49.8 Å². The van der Waals surface area contributed by atoms with Crippen LogP contribution >= 0.6 is 0 Å². The minimum absolute atomic E-state index is 0.0268. The Morgan fingerprint density at radius 2 is 1.82 bits per heavy atom. The lowest BCUT2D eigenvalue weighted by Gasteiger charge is -2.56. The molecule has 2 saturated carbocycles. The molecule has 1 aromatic heterocycles. The quantitative estimate of drug-likeness (QED) is 0.348. The Morgan fingerprint density at radius 1 is 1.07 bits per heavy atom. The topological polar surface area (TPSA) is 79.3 Å². The number of halogens is 5. The van der Waals surface area contributed by atoms with Crippen LogP contribution in [-0.2, 0) is 11.2 Å². The van der Waals surface area contributed by atoms with Crippen LogP contribution in [0.15, 0.2) is 71.6 Å². The van der Waals surface area contributed by atoms with Gasteiger partial charge in [-0.25, -0.2) is 0 Å². The number of carbonyl (C=O) groups is 2. The van der Waals surface area contributed by atoms with Crippen LogP contribution in [0, 0.1) is 17.3 Å². The Kier molecular flexibility index (Phi) is 7.58. The van der Waals surface area contributed by atoms with Crippen LogP contribution in [0.3, 0.4) is 0 Å². The number of aromatic nitrogens is 1. The van der Waals surface area contributed by atoms with Crippen molar-refractivity contribution in [2.75, 3.05) is 6.54 Å². The summed E-state index contributed by atoms with van der Waals surface area (Å²) in [5.74, 6) is -6.97. The summed E-state index contributed by atoms with van der Waals surface area (Å²) in [6.07, 6.45) is 0.922. The highest BCUT2D eigenvalue weighted by molar-refractivity contribution is 5.94. The maximum atomic E-state index is 15.2. The van der Waals surface area contributed by atoms with Gasteiger partial charge in [0.15, 0.2) is 5.78 Å². The normalized spacial score (nSPS) is 30.3. The summed E-state index contributed by atoms with van der Waals surface area (Å²) in [6.45, 7) is 1.80. The first kappa shape index (κ1) is 30.6. The number of allylic oxidation sites excluding steroid dienone is 4. The Balaban J connectivity index is 1.34.